The summed E-state index contributed by atoms with van der Waals surface area (Å²) in [7, 11) is 2.94. The van der Waals surface area contributed by atoms with Crippen LogP contribution in [0.5, 0.6) is 17.2 Å². The molecule has 1 amide bonds. The molecule has 11 heteroatoms. The van der Waals surface area contributed by atoms with Gasteiger partial charge in [0.25, 0.3) is 5.91 Å². The zero-order chi connectivity index (χ0) is 23.0. The second-order valence-corrected chi connectivity index (χ2v) is 8.09. The van der Waals surface area contributed by atoms with Gasteiger partial charge in [0.2, 0.25) is 0 Å². The first kappa shape index (κ1) is 24.5. The molecular weight excluding hydrogens is 446 g/mol. The van der Waals surface area contributed by atoms with Crippen LogP contribution in [0.1, 0.15) is 31.2 Å². The van der Waals surface area contributed by atoms with E-state index in [1.165, 1.54) is 19.1 Å². The Labute approximate surface area is 189 Å². The molecule has 168 valence electrons. The van der Waals surface area contributed by atoms with Crippen LogP contribution >= 0.6 is 24.0 Å². The predicted molar refractivity (Wildman–Crippen MR) is 119 cm³/mol. The smallest absolute Gasteiger partial charge is 0.303 e. The van der Waals surface area contributed by atoms with Gasteiger partial charge >= 0.3 is 11.9 Å². The van der Waals surface area contributed by atoms with Crippen LogP contribution in [0.15, 0.2) is 17.0 Å². The molecular formula is C20H23NO8S2. The van der Waals surface area contributed by atoms with Crippen molar-refractivity contribution >= 4 is 52.2 Å². The topological polar surface area (TPSA) is 123 Å². The average molecular weight is 470 g/mol. The van der Waals surface area contributed by atoms with Crippen LogP contribution in [0.4, 0.5) is 0 Å². The molecule has 0 aromatic heterocycles. The lowest BCUT2D eigenvalue weighted by Gasteiger charge is -2.15. The van der Waals surface area contributed by atoms with Crippen molar-refractivity contribution in [2.24, 2.45) is 0 Å². The van der Waals surface area contributed by atoms with Gasteiger partial charge in [-0.3, -0.25) is 19.3 Å². The van der Waals surface area contributed by atoms with Crippen LogP contribution in [0, 0.1) is 0 Å². The lowest BCUT2D eigenvalue weighted by atomic mass is 10.1. The van der Waals surface area contributed by atoms with Crippen molar-refractivity contribution in [1.82, 2.24) is 4.90 Å². The molecule has 2 rings (SSSR count). The molecule has 2 N–H and O–H groups in total. The summed E-state index contributed by atoms with van der Waals surface area (Å²) < 4.78 is 16.8. The summed E-state index contributed by atoms with van der Waals surface area (Å²) in [5.41, 5.74) is 0.522. The van der Waals surface area contributed by atoms with Gasteiger partial charge in [0.05, 0.1) is 31.3 Å². The fraction of sp³-hybridized carbons (Fsp3) is 0.400. The van der Waals surface area contributed by atoms with E-state index in [0.717, 1.165) is 11.8 Å². The number of hydrogen-bond donors (Lipinski definition) is 2. The predicted octanol–water partition coefficient (Wildman–Crippen LogP) is 3.01. The summed E-state index contributed by atoms with van der Waals surface area (Å²) in [6.07, 6.45) is 2.22. The fourth-order valence-corrected chi connectivity index (χ4v) is 4.06. The highest BCUT2D eigenvalue weighted by atomic mass is 32.2. The molecule has 1 saturated heterocycles. The third kappa shape index (κ3) is 6.86. The van der Waals surface area contributed by atoms with E-state index >= 15 is 0 Å². The molecule has 31 heavy (non-hydrogen) atoms. The van der Waals surface area contributed by atoms with Gasteiger partial charge in [-0.05, 0) is 18.9 Å². The van der Waals surface area contributed by atoms with E-state index in [4.69, 9.17) is 36.6 Å². The number of aliphatic carboxylic acids is 2. The largest absolute Gasteiger partial charge is 0.496 e. The minimum Gasteiger partial charge on any atom is -0.496 e. The van der Waals surface area contributed by atoms with Crippen molar-refractivity contribution in [3.63, 3.8) is 0 Å². The quantitative estimate of drug-likeness (QED) is 0.268. The first-order chi connectivity index (χ1) is 14.8. The Morgan fingerprint density at radius 3 is 2.23 bits per heavy atom. The number of benzene rings is 1. The number of thioether (sulfide) groups is 1. The summed E-state index contributed by atoms with van der Waals surface area (Å²) in [4.78, 5) is 35.8. The average Bonchev–Trinajstić information content (AvgIpc) is 2.98. The lowest BCUT2D eigenvalue weighted by molar-refractivity contribution is -0.138. The van der Waals surface area contributed by atoms with Gasteiger partial charge in [-0.1, -0.05) is 24.0 Å². The SMILES string of the molecule is COc1cc(OCCCC(=O)O)cc(OC)c1C=C1SC(=S)N(CCCC(=O)O)C1=O. The van der Waals surface area contributed by atoms with Crippen molar-refractivity contribution in [3.05, 3.63) is 22.6 Å². The minimum absolute atomic E-state index is 0.000656. The minimum atomic E-state index is -0.930. The van der Waals surface area contributed by atoms with Gasteiger partial charge in [0.1, 0.15) is 21.6 Å². The highest BCUT2D eigenvalue weighted by Crippen LogP contribution is 2.40. The van der Waals surface area contributed by atoms with E-state index in [1.54, 1.807) is 18.2 Å². The van der Waals surface area contributed by atoms with Crippen LogP contribution in [-0.4, -0.2) is 64.7 Å². The zero-order valence-electron chi connectivity index (χ0n) is 17.1. The summed E-state index contributed by atoms with van der Waals surface area (Å²) >= 11 is 6.39. The number of hydrogen-bond acceptors (Lipinski definition) is 8. The maximum Gasteiger partial charge on any atom is 0.303 e. The van der Waals surface area contributed by atoms with E-state index < -0.39 is 11.9 Å². The number of carbonyl (C=O) groups is 3. The number of thiocarbonyl (C=S) groups is 1. The highest BCUT2D eigenvalue weighted by Gasteiger charge is 2.32. The van der Waals surface area contributed by atoms with E-state index in [0.29, 0.717) is 44.9 Å². The fourth-order valence-electron chi connectivity index (χ4n) is 2.77. The van der Waals surface area contributed by atoms with Crippen LogP contribution in [0.2, 0.25) is 0 Å². The molecule has 1 heterocycles. The van der Waals surface area contributed by atoms with E-state index in [2.05, 4.69) is 0 Å². The molecule has 0 radical (unpaired) electrons. The highest BCUT2D eigenvalue weighted by molar-refractivity contribution is 8.26. The molecule has 1 aromatic carbocycles. The van der Waals surface area contributed by atoms with Gasteiger partial charge < -0.3 is 24.4 Å². The molecule has 1 aliphatic rings. The number of methoxy groups -OCH3 is 2. The van der Waals surface area contributed by atoms with Crippen molar-refractivity contribution in [3.8, 4) is 17.2 Å². The monoisotopic (exact) mass is 469 g/mol. The third-order valence-electron chi connectivity index (χ3n) is 4.24. The van der Waals surface area contributed by atoms with E-state index in [1.807, 2.05) is 0 Å². The summed E-state index contributed by atoms with van der Waals surface area (Å²) in [5.74, 6) is -0.876. The number of ether oxygens (including phenoxy) is 3. The Morgan fingerprint density at radius 2 is 1.68 bits per heavy atom. The third-order valence-corrected chi connectivity index (χ3v) is 5.62. The van der Waals surface area contributed by atoms with Gasteiger partial charge in [-0.2, -0.15) is 0 Å². The Bertz CT molecular complexity index is 874. The van der Waals surface area contributed by atoms with Crippen molar-refractivity contribution < 1.29 is 38.8 Å². The molecule has 1 fully saturated rings. The van der Waals surface area contributed by atoms with Crippen LogP contribution < -0.4 is 14.2 Å². The maximum absolute atomic E-state index is 12.7. The number of rotatable bonds is 12. The molecule has 1 aliphatic heterocycles. The Hall–Kier alpha value is -2.79. The number of nitrogens with zero attached hydrogens (tertiary/aromatic N) is 1. The van der Waals surface area contributed by atoms with E-state index in [9.17, 15) is 14.4 Å². The number of carbonyl (C=O) groups excluding carboxylic acids is 1. The Balaban J connectivity index is 2.21. The van der Waals surface area contributed by atoms with Crippen LogP contribution in [0.25, 0.3) is 6.08 Å². The second kappa shape index (κ2) is 11.6. The summed E-state index contributed by atoms with van der Waals surface area (Å²) in [6, 6.07) is 3.26. The molecule has 9 nitrogen and oxygen atoms in total. The standard InChI is InChI=1S/C20H23NO8S2/c1-27-14-9-12(29-8-4-6-18(24)25)10-15(28-2)13(14)11-16-19(26)21(20(30)31-16)7-3-5-17(22)23/h9-11H,3-8H2,1-2H3,(H,22,23)(H,24,25). The zero-order valence-corrected chi connectivity index (χ0v) is 18.7. The number of amides is 1. The van der Waals surface area contributed by atoms with Crippen LogP contribution in [-0.2, 0) is 14.4 Å². The maximum atomic E-state index is 12.7. The van der Waals surface area contributed by atoms with Crippen LogP contribution in [0.3, 0.4) is 0 Å². The lowest BCUT2D eigenvalue weighted by Crippen LogP contribution is -2.29. The first-order valence-electron chi connectivity index (χ1n) is 9.34. The second-order valence-electron chi connectivity index (χ2n) is 6.42. The van der Waals surface area contributed by atoms with Gasteiger partial charge in [0, 0.05) is 31.5 Å². The normalized spacial score (nSPS) is 14.8. The van der Waals surface area contributed by atoms with Gasteiger partial charge in [0.15, 0.2) is 0 Å². The molecule has 0 atom stereocenters. The van der Waals surface area contributed by atoms with Crippen molar-refractivity contribution in [1.29, 1.82) is 0 Å². The Morgan fingerprint density at radius 1 is 1.10 bits per heavy atom. The van der Waals surface area contributed by atoms with E-state index in [-0.39, 0.29) is 31.9 Å². The number of carboxylic acid groups (broad SMARTS) is 2. The van der Waals surface area contributed by atoms with Gasteiger partial charge in [-0.25, -0.2) is 0 Å². The van der Waals surface area contributed by atoms with Crippen molar-refractivity contribution in [2.75, 3.05) is 27.4 Å². The molecule has 0 unspecified atom stereocenters. The summed E-state index contributed by atoms with van der Waals surface area (Å²) in [5, 5.41) is 17.5. The van der Waals surface area contributed by atoms with Crippen molar-refractivity contribution in [2.45, 2.75) is 25.7 Å². The number of carboxylic acids is 2. The molecule has 0 bridgehead atoms. The molecule has 0 aliphatic carbocycles. The Kier molecular flexibility index (Phi) is 9.13. The van der Waals surface area contributed by atoms with Gasteiger partial charge in [-0.15, -0.1) is 0 Å². The first-order valence-corrected chi connectivity index (χ1v) is 10.6. The molecule has 1 aromatic rings. The molecule has 0 spiro atoms. The summed E-state index contributed by atoms with van der Waals surface area (Å²) in [6.45, 7) is 0.443. The molecule has 0 saturated carbocycles.